The van der Waals surface area contributed by atoms with E-state index in [9.17, 15) is 19.2 Å². The molecule has 5 rings (SSSR count). The van der Waals surface area contributed by atoms with Crippen molar-refractivity contribution >= 4 is 23.5 Å². The molecule has 176 valence electrons. The molecule has 1 saturated heterocycles. The molecule has 1 atom stereocenters. The Bertz CT molecular complexity index is 1230. The molecular weight excluding hydrogens is 432 g/mol. The highest BCUT2D eigenvalue weighted by molar-refractivity contribution is 6.22. The number of Topliss-reactive ketones (excluding diaryl/α,β-unsaturated/α-hetero) is 1. The number of likely N-dealkylation sites (tertiary alicyclic amines) is 1. The number of nitrogens with zero attached hydrogens (tertiary/aromatic N) is 2. The second-order valence-corrected chi connectivity index (χ2v) is 9.67. The van der Waals surface area contributed by atoms with Crippen molar-refractivity contribution in [2.75, 3.05) is 13.1 Å². The van der Waals surface area contributed by atoms with Crippen LogP contribution in [0.4, 0.5) is 0 Å². The average Bonchev–Trinajstić information content (AvgIpc) is 3.08. The molecule has 0 bridgehead atoms. The minimum absolute atomic E-state index is 0.0809. The first-order valence-corrected chi connectivity index (χ1v) is 11.9. The van der Waals surface area contributed by atoms with Crippen molar-refractivity contribution in [2.45, 2.75) is 58.1 Å². The molecule has 0 N–H and O–H groups in total. The third-order valence-corrected chi connectivity index (χ3v) is 7.40. The van der Waals surface area contributed by atoms with Crippen molar-refractivity contribution in [3.63, 3.8) is 0 Å². The minimum Gasteiger partial charge on any atom is -0.486 e. The molecule has 34 heavy (non-hydrogen) atoms. The van der Waals surface area contributed by atoms with Crippen LogP contribution in [0.25, 0.3) is 0 Å². The number of rotatable bonds is 3. The largest absolute Gasteiger partial charge is 0.486 e. The van der Waals surface area contributed by atoms with Crippen LogP contribution in [0.15, 0.2) is 36.4 Å². The molecule has 3 aliphatic heterocycles. The number of imide groups is 1. The zero-order valence-electron chi connectivity index (χ0n) is 19.7. The molecule has 2 aromatic rings. The van der Waals surface area contributed by atoms with E-state index < -0.39 is 5.60 Å². The first kappa shape index (κ1) is 22.3. The van der Waals surface area contributed by atoms with Gasteiger partial charge in [-0.2, -0.15) is 0 Å². The summed E-state index contributed by atoms with van der Waals surface area (Å²) in [5.41, 5.74) is 2.10. The lowest BCUT2D eigenvalue weighted by Crippen LogP contribution is -2.52. The molecule has 1 unspecified atom stereocenters. The lowest BCUT2D eigenvalue weighted by molar-refractivity contribution is -0.00574. The van der Waals surface area contributed by atoms with Crippen LogP contribution in [0.3, 0.4) is 0 Å². The topological polar surface area (TPSA) is 84.0 Å². The molecule has 1 fully saturated rings. The highest BCUT2D eigenvalue weighted by Gasteiger charge is 2.44. The summed E-state index contributed by atoms with van der Waals surface area (Å²) < 4.78 is 6.30. The van der Waals surface area contributed by atoms with Gasteiger partial charge in [-0.1, -0.05) is 18.6 Å². The molecule has 0 radical (unpaired) electrons. The summed E-state index contributed by atoms with van der Waals surface area (Å²) in [7, 11) is 0. The Balaban J connectivity index is 1.31. The van der Waals surface area contributed by atoms with E-state index >= 15 is 0 Å². The zero-order valence-corrected chi connectivity index (χ0v) is 19.7. The highest BCUT2D eigenvalue weighted by Crippen LogP contribution is 2.40. The smallest absolute Gasteiger partial charge is 0.261 e. The Kier molecular flexibility index (Phi) is 5.30. The van der Waals surface area contributed by atoms with Crippen LogP contribution in [0.2, 0.25) is 0 Å². The summed E-state index contributed by atoms with van der Waals surface area (Å²) >= 11 is 0. The maximum absolute atomic E-state index is 13.2. The van der Waals surface area contributed by atoms with Gasteiger partial charge < -0.3 is 9.64 Å². The first-order chi connectivity index (χ1) is 16.2. The second kappa shape index (κ2) is 8.08. The molecule has 7 nitrogen and oxygen atoms in total. The van der Waals surface area contributed by atoms with Crippen molar-refractivity contribution in [1.82, 2.24) is 9.80 Å². The quantitative estimate of drug-likeness (QED) is 0.646. The van der Waals surface area contributed by atoms with Crippen molar-refractivity contribution in [3.05, 3.63) is 64.2 Å². The summed E-state index contributed by atoms with van der Waals surface area (Å²) in [4.78, 5) is 54.5. The summed E-state index contributed by atoms with van der Waals surface area (Å²) in [5.74, 6) is -0.128. The summed E-state index contributed by atoms with van der Waals surface area (Å²) in [6.45, 7) is 6.63. The molecule has 3 amide bonds. The Hall–Kier alpha value is -3.48. The van der Waals surface area contributed by atoms with Gasteiger partial charge in [-0.25, -0.2) is 0 Å². The van der Waals surface area contributed by atoms with Crippen LogP contribution in [-0.4, -0.2) is 58.0 Å². The third-order valence-electron chi connectivity index (χ3n) is 7.40. The zero-order chi connectivity index (χ0) is 24.2. The number of ketones is 1. The van der Waals surface area contributed by atoms with Crippen molar-refractivity contribution < 1.29 is 23.9 Å². The monoisotopic (exact) mass is 460 g/mol. The number of benzene rings is 2. The molecule has 3 heterocycles. The first-order valence-electron chi connectivity index (χ1n) is 11.9. The SMILES string of the molecule is CCC(C)N1C(=O)c2ccc(C(=O)N3CCC4(CC3)CC(=O)c3cc(C)ccc3O4)cc2C1=O. The van der Waals surface area contributed by atoms with Crippen LogP contribution >= 0.6 is 0 Å². The van der Waals surface area contributed by atoms with E-state index in [1.165, 1.54) is 4.90 Å². The number of carbonyl (C=O) groups is 4. The standard InChI is InChI=1S/C27H28N2O5/c1-4-17(3)29-25(32)19-7-6-18(14-20(19)26(29)33)24(31)28-11-9-27(10-12-28)15-22(30)21-13-16(2)5-8-23(21)34-27/h5-8,13-14,17H,4,9-12,15H2,1-3H3. The number of carbonyl (C=O) groups excluding carboxylic acids is 4. The van der Waals surface area contributed by atoms with Crippen molar-refractivity contribution in [1.29, 1.82) is 0 Å². The fourth-order valence-corrected chi connectivity index (χ4v) is 5.16. The van der Waals surface area contributed by atoms with Crippen molar-refractivity contribution in [3.8, 4) is 5.75 Å². The van der Waals surface area contributed by atoms with E-state index in [2.05, 4.69) is 0 Å². The summed E-state index contributed by atoms with van der Waals surface area (Å²) in [6, 6.07) is 10.2. The Morgan fingerprint density at radius 2 is 1.71 bits per heavy atom. The normalized spacial score (nSPS) is 19.7. The number of fused-ring (bicyclic) bond motifs is 2. The minimum atomic E-state index is -0.590. The van der Waals surface area contributed by atoms with Gasteiger partial charge in [-0.3, -0.25) is 24.1 Å². The van der Waals surface area contributed by atoms with E-state index in [1.54, 1.807) is 23.1 Å². The van der Waals surface area contributed by atoms with Crippen LogP contribution in [0.1, 0.15) is 86.5 Å². The molecule has 0 aliphatic carbocycles. The highest BCUT2D eigenvalue weighted by atomic mass is 16.5. The number of amides is 3. The fourth-order valence-electron chi connectivity index (χ4n) is 5.16. The predicted octanol–water partition coefficient (Wildman–Crippen LogP) is 4.03. The van der Waals surface area contributed by atoms with Crippen LogP contribution < -0.4 is 4.74 Å². The van der Waals surface area contributed by atoms with E-state index in [1.807, 2.05) is 39.0 Å². The maximum atomic E-state index is 13.2. The van der Waals surface area contributed by atoms with Gasteiger partial charge in [0, 0.05) is 37.5 Å². The van der Waals surface area contributed by atoms with Gasteiger partial charge in [0.2, 0.25) is 0 Å². The lowest BCUT2D eigenvalue weighted by Gasteiger charge is -2.44. The number of aryl methyl sites for hydroxylation is 1. The van der Waals surface area contributed by atoms with Gasteiger partial charge >= 0.3 is 0 Å². The molecule has 0 saturated carbocycles. The molecule has 3 aliphatic rings. The lowest BCUT2D eigenvalue weighted by atomic mass is 9.82. The molecule has 0 aromatic heterocycles. The summed E-state index contributed by atoms with van der Waals surface area (Å²) in [5, 5.41) is 0. The molecule has 2 aromatic carbocycles. The second-order valence-electron chi connectivity index (χ2n) is 9.67. The van der Waals surface area contributed by atoms with Gasteiger partial charge in [-0.15, -0.1) is 0 Å². The fraction of sp³-hybridized carbons (Fsp3) is 0.407. The van der Waals surface area contributed by atoms with E-state index in [0.717, 1.165) is 5.56 Å². The average molecular weight is 461 g/mol. The number of ether oxygens (including phenoxy) is 1. The Morgan fingerprint density at radius 3 is 2.41 bits per heavy atom. The number of piperidine rings is 1. The van der Waals surface area contributed by atoms with E-state index in [-0.39, 0.29) is 35.1 Å². The van der Waals surface area contributed by atoms with E-state index in [0.29, 0.717) is 61.2 Å². The number of hydrogen-bond donors (Lipinski definition) is 0. The van der Waals surface area contributed by atoms with E-state index in [4.69, 9.17) is 4.74 Å². The van der Waals surface area contributed by atoms with Crippen molar-refractivity contribution in [2.24, 2.45) is 0 Å². The third kappa shape index (κ3) is 3.50. The maximum Gasteiger partial charge on any atom is 0.261 e. The molecule has 1 spiro atoms. The number of hydrogen-bond acceptors (Lipinski definition) is 5. The van der Waals surface area contributed by atoms with Gasteiger partial charge in [0.15, 0.2) is 5.78 Å². The summed E-state index contributed by atoms with van der Waals surface area (Å²) in [6.07, 6.45) is 2.09. The molecular formula is C27H28N2O5. The van der Waals surface area contributed by atoms with Gasteiger partial charge in [0.1, 0.15) is 11.4 Å². The predicted molar refractivity (Wildman–Crippen MR) is 125 cm³/mol. The Labute approximate surface area is 198 Å². The van der Waals surface area contributed by atoms with Crippen LogP contribution in [0, 0.1) is 6.92 Å². The van der Waals surface area contributed by atoms with Gasteiger partial charge in [0.25, 0.3) is 17.7 Å². The van der Waals surface area contributed by atoms with Crippen LogP contribution in [-0.2, 0) is 0 Å². The van der Waals surface area contributed by atoms with Gasteiger partial charge in [-0.05, 0) is 50.6 Å². The van der Waals surface area contributed by atoms with Crippen LogP contribution in [0.5, 0.6) is 5.75 Å². The molecule has 7 heteroatoms. The van der Waals surface area contributed by atoms with Gasteiger partial charge in [0.05, 0.1) is 23.1 Å². The Morgan fingerprint density at radius 1 is 1.00 bits per heavy atom.